The molecule has 106 valence electrons. The van der Waals surface area contributed by atoms with Gasteiger partial charge >= 0.3 is 5.97 Å². The van der Waals surface area contributed by atoms with Crippen molar-refractivity contribution in [1.29, 1.82) is 0 Å². The zero-order chi connectivity index (χ0) is 14.6. The second-order valence-electron chi connectivity index (χ2n) is 4.99. The van der Waals surface area contributed by atoms with Gasteiger partial charge in [0.05, 0.1) is 13.0 Å². The Morgan fingerprint density at radius 1 is 1.37 bits per heavy atom. The van der Waals surface area contributed by atoms with Crippen molar-refractivity contribution in [3.8, 4) is 5.75 Å². The minimum atomic E-state index is -0.761. The molecule has 0 saturated heterocycles. The third-order valence-corrected chi connectivity index (χ3v) is 3.52. The van der Waals surface area contributed by atoms with Gasteiger partial charge in [-0.3, -0.25) is 4.79 Å². The predicted molar refractivity (Wildman–Crippen MR) is 75.7 cm³/mol. The smallest absolute Gasteiger partial charge is 0.306 e. The highest BCUT2D eigenvalue weighted by molar-refractivity contribution is 5.69. The van der Waals surface area contributed by atoms with Crippen LogP contribution in [-0.2, 0) is 4.79 Å². The number of carboxylic acid groups (broad SMARTS) is 1. The fraction of sp³-hybridized carbons (Fsp3) is 0.533. The van der Waals surface area contributed by atoms with E-state index in [0.29, 0.717) is 6.42 Å². The van der Waals surface area contributed by atoms with Crippen LogP contribution < -0.4 is 10.1 Å². The number of rotatable bonds is 6. The summed E-state index contributed by atoms with van der Waals surface area (Å²) < 4.78 is 5.30. The molecule has 0 fully saturated rings. The van der Waals surface area contributed by atoms with E-state index in [1.165, 1.54) is 0 Å². The van der Waals surface area contributed by atoms with Gasteiger partial charge in [0.2, 0.25) is 0 Å². The Kier molecular flexibility index (Phi) is 5.36. The summed E-state index contributed by atoms with van der Waals surface area (Å²) in [5, 5.41) is 12.2. The van der Waals surface area contributed by atoms with E-state index in [4.69, 9.17) is 9.84 Å². The molecular formula is C15H23NO3. The molecule has 2 atom stereocenters. The molecule has 0 aliphatic carbocycles. The van der Waals surface area contributed by atoms with E-state index in [9.17, 15) is 4.79 Å². The van der Waals surface area contributed by atoms with Crippen molar-refractivity contribution in [3.63, 3.8) is 0 Å². The maximum atomic E-state index is 11.0. The maximum absolute atomic E-state index is 11.0. The fourth-order valence-corrected chi connectivity index (χ4v) is 2.26. The summed E-state index contributed by atoms with van der Waals surface area (Å²) in [5.41, 5.74) is 3.31. The number of aryl methyl sites for hydroxylation is 2. The van der Waals surface area contributed by atoms with Gasteiger partial charge in [-0.05, 0) is 50.1 Å². The van der Waals surface area contributed by atoms with Gasteiger partial charge in [-0.25, -0.2) is 0 Å². The topological polar surface area (TPSA) is 58.6 Å². The van der Waals surface area contributed by atoms with E-state index in [1.54, 1.807) is 14.0 Å². The molecule has 0 heterocycles. The third kappa shape index (κ3) is 3.70. The van der Waals surface area contributed by atoms with Gasteiger partial charge in [0, 0.05) is 6.04 Å². The number of carbonyl (C=O) groups is 1. The van der Waals surface area contributed by atoms with E-state index < -0.39 is 5.97 Å². The first-order valence-electron chi connectivity index (χ1n) is 6.45. The van der Waals surface area contributed by atoms with Crippen LogP contribution in [0, 0.1) is 19.8 Å². The Hall–Kier alpha value is -1.55. The average Bonchev–Trinajstić information content (AvgIpc) is 2.37. The summed E-state index contributed by atoms with van der Waals surface area (Å²) in [6, 6.07) is 4.11. The monoisotopic (exact) mass is 265 g/mol. The molecule has 19 heavy (non-hydrogen) atoms. The molecule has 0 aromatic heterocycles. The zero-order valence-corrected chi connectivity index (χ0v) is 12.3. The number of nitrogens with one attached hydrogen (secondary N) is 1. The van der Waals surface area contributed by atoms with Crippen LogP contribution in [0.1, 0.15) is 36.1 Å². The normalized spacial score (nSPS) is 13.9. The molecule has 4 heteroatoms. The van der Waals surface area contributed by atoms with Crippen LogP contribution in [0.3, 0.4) is 0 Å². The zero-order valence-electron chi connectivity index (χ0n) is 12.3. The van der Waals surface area contributed by atoms with Crippen LogP contribution >= 0.6 is 0 Å². The molecule has 1 aromatic rings. The number of ether oxygens (including phenoxy) is 1. The Morgan fingerprint density at radius 2 is 2.00 bits per heavy atom. The lowest BCUT2D eigenvalue weighted by Gasteiger charge is -2.22. The summed E-state index contributed by atoms with van der Waals surface area (Å²) in [6.45, 7) is 5.75. The number of methoxy groups -OCH3 is 1. The van der Waals surface area contributed by atoms with Gasteiger partial charge in [-0.1, -0.05) is 13.0 Å². The number of aliphatic carboxylic acids is 1. The fourth-order valence-electron chi connectivity index (χ4n) is 2.26. The highest BCUT2D eigenvalue weighted by atomic mass is 16.5. The third-order valence-electron chi connectivity index (χ3n) is 3.52. The van der Waals surface area contributed by atoms with Crippen LogP contribution in [0.5, 0.6) is 5.75 Å². The highest BCUT2D eigenvalue weighted by Crippen LogP contribution is 2.29. The van der Waals surface area contributed by atoms with Gasteiger partial charge in [0.25, 0.3) is 0 Å². The molecule has 0 radical (unpaired) electrons. The number of hydrogen-bond donors (Lipinski definition) is 2. The molecule has 1 aromatic carbocycles. The lowest BCUT2D eigenvalue weighted by molar-refractivity contribution is -0.141. The van der Waals surface area contributed by atoms with Gasteiger partial charge in [0.1, 0.15) is 5.75 Å². The van der Waals surface area contributed by atoms with E-state index >= 15 is 0 Å². The molecule has 0 spiro atoms. The first kappa shape index (κ1) is 15.5. The average molecular weight is 265 g/mol. The molecule has 0 aliphatic rings. The van der Waals surface area contributed by atoms with Crippen LogP contribution in [-0.4, -0.2) is 25.2 Å². The molecule has 0 saturated carbocycles. The molecule has 2 unspecified atom stereocenters. The summed E-state index contributed by atoms with van der Waals surface area (Å²) in [7, 11) is 3.52. The molecule has 4 nitrogen and oxygen atoms in total. The van der Waals surface area contributed by atoms with Gasteiger partial charge < -0.3 is 15.2 Å². The Labute approximate surface area is 114 Å². The van der Waals surface area contributed by atoms with Crippen LogP contribution in [0.15, 0.2) is 12.1 Å². The van der Waals surface area contributed by atoms with Crippen molar-refractivity contribution >= 4 is 5.97 Å². The molecule has 0 bridgehead atoms. The van der Waals surface area contributed by atoms with E-state index in [-0.39, 0.29) is 12.0 Å². The predicted octanol–water partition coefficient (Wildman–Crippen LogP) is 2.68. The lowest BCUT2D eigenvalue weighted by atomic mass is 9.91. The van der Waals surface area contributed by atoms with Crippen molar-refractivity contribution in [2.24, 2.45) is 5.92 Å². The van der Waals surface area contributed by atoms with Crippen LogP contribution in [0.2, 0.25) is 0 Å². The standard InChI is InChI=1S/C15H23NO3/c1-9-8-14(19-5)10(2)6-12(9)13(16-4)7-11(3)15(17)18/h6,8,11,13,16H,7H2,1-5H3,(H,17,18). The minimum absolute atomic E-state index is 0.0377. The highest BCUT2D eigenvalue weighted by Gasteiger charge is 2.20. The van der Waals surface area contributed by atoms with Crippen LogP contribution in [0.4, 0.5) is 0 Å². The minimum Gasteiger partial charge on any atom is -0.496 e. The first-order chi connectivity index (χ1) is 8.90. The number of hydrogen-bond acceptors (Lipinski definition) is 3. The second-order valence-corrected chi connectivity index (χ2v) is 4.99. The van der Waals surface area contributed by atoms with Crippen molar-refractivity contribution in [3.05, 3.63) is 28.8 Å². The summed E-state index contributed by atoms with van der Waals surface area (Å²) >= 11 is 0. The summed E-state index contributed by atoms with van der Waals surface area (Å²) in [5.74, 6) is -0.273. The number of benzene rings is 1. The van der Waals surface area contributed by atoms with Crippen molar-refractivity contribution in [1.82, 2.24) is 5.32 Å². The molecule has 2 N–H and O–H groups in total. The second kappa shape index (κ2) is 6.57. The molecular weight excluding hydrogens is 242 g/mol. The summed E-state index contributed by atoms with van der Waals surface area (Å²) in [6.07, 6.45) is 0.568. The lowest BCUT2D eigenvalue weighted by Crippen LogP contribution is -2.23. The van der Waals surface area contributed by atoms with Gasteiger partial charge in [0.15, 0.2) is 0 Å². The molecule has 1 rings (SSSR count). The Morgan fingerprint density at radius 3 is 2.47 bits per heavy atom. The van der Waals surface area contributed by atoms with E-state index in [2.05, 4.69) is 11.4 Å². The molecule has 0 amide bonds. The summed E-state index contributed by atoms with van der Waals surface area (Å²) in [4.78, 5) is 11.0. The van der Waals surface area contributed by atoms with Crippen molar-refractivity contribution < 1.29 is 14.6 Å². The van der Waals surface area contributed by atoms with Gasteiger partial charge in [-0.2, -0.15) is 0 Å². The SMILES string of the molecule is CNC(CC(C)C(=O)O)c1cc(C)c(OC)cc1C. The number of carboxylic acids is 1. The quantitative estimate of drug-likeness (QED) is 0.830. The largest absolute Gasteiger partial charge is 0.496 e. The van der Waals surface area contributed by atoms with E-state index in [1.807, 2.05) is 27.0 Å². The Balaban J connectivity index is 3.05. The van der Waals surface area contributed by atoms with Crippen LogP contribution in [0.25, 0.3) is 0 Å². The first-order valence-corrected chi connectivity index (χ1v) is 6.45. The molecule has 0 aliphatic heterocycles. The van der Waals surface area contributed by atoms with E-state index in [0.717, 1.165) is 22.4 Å². The Bertz CT molecular complexity index is 457. The maximum Gasteiger partial charge on any atom is 0.306 e. The van der Waals surface area contributed by atoms with Crippen molar-refractivity contribution in [2.45, 2.75) is 33.2 Å². The van der Waals surface area contributed by atoms with Crippen molar-refractivity contribution in [2.75, 3.05) is 14.2 Å². The van der Waals surface area contributed by atoms with Gasteiger partial charge in [-0.15, -0.1) is 0 Å².